The van der Waals surface area contributed by atoms with E-state index >= 15 is 0 Å². The molecule has 3 rings (SSSR count). The lowest BCUT2D eigenvalue weighted by Gasteiger charge is -2.07. The monoisotopic (exact) mass is 326 g/mol. The zero-order chi connectivity index (χ0) is 16.2. The molecule has 118 valence electrons. The second-order valence-corrected chi connectivity index (χ2v) is 6.15. The van der Waals surface area contributed by atoms with E-state index in [0.29, 0.717) is 12.1 Å². The number of thiazole rings is 1. The van der Waals surface area contributed by atoms with Crippen LogP contribution in [0.2, 0.25) is 0 Å². The lowest BCUT2D eigenvalue weighted by molar-refractivity contribution is 0.0950. The van der Waals surface area contributed by atoms with Crippen molar-refractivity contribution in [2.75, 3.05) is 5.32 Å². The largest absolute Gasteiger partial charge is 0.353 e. The topological polar surface area (TPSA) is 59.0 Å². The fourth-order valence-electron chi connectivity index (χ4n) is 2.19. The molecule has 2 heterocycles. The van der Waals surface area contributed by atoms with Gasteiger partial charge in [0, 0.05) is 35.6 Å². The summed E-state index contributed by atoms with van der Waals surface area (Å²) in [5.74, 6) is -0.0807. The SMILES string of the molecule is Cc1csc(Nc2ccc(C(=O)NCc3cccn3C)cc2)n1. The first-order chi connectivity index (χ1) is 11.1. The summed E-state index contributed by atoms with van der Waals surface area (Å²) < 4.78 is 1.99. The van der Waals surface area contributed by atoms with Gasteiger partial charge in [-0.3, -0.25) is 4.79 Å². The van der Waals surface area contributed by atoms with Crippen LogP contribution < -0.4 is 10.6 Å². The van der Waals surface area contributed by atoms with Crippen molar-refractivity contribution in [2.24, 2.45) is 7.05 Å². The first-order valence-electron chi connectivity index (χ1n) is 7.29. The summed E-state index contributed by atoms with van der Waals surface area (Å²) in [6, 6.07) is 11.3. The minimum atomic E-state index is -0.0807. The summed E-state index contributed by atoms with van der Waals surface area (Å²) in [6.45, 7) is 2.47. The number of anilines is 2. The van der Waals surface area contributed by atoms with Crippen LogP contribution >= 0.6 is 11.3 Å². The summed E-state index contributed by atoms with van der Waals surface area (Å²) in [6.07, 6.45) is 1.96. The molecule has 5 nitrogen and oxygen atoms in total. The van der Waals surface area contributed by atoms with E-state index in [1.165, 1.54) is 0 Å². The van der Waals surface area contributed by atoms with E-state index in [-0.39, 0.29) is 5.91 Å². The van der Waals surface area contributed by atoms with Crippen molar-refractivity contribution >= 4 is 28.1 Å². The van der Waals surface area contributed by atoms with Gasteiger partial charge >= 0.3 is 0 Å². The van der Waals surface area contributed by atoms with Crippen molar-refractivity contribution in [3.63, 3.8) is 0 Å². The van der Waals surface area contributed by atoms with Crippen LogP contribution in [0, 0.1) is 6.92 Å². The Morgan fingerprint density at radius 2 is 2.04 bits per heavy atom. The van der Waals surface area contributed by atoms with E-state index in [1.54, 1.807) is 11.3 Å². The molecule has 0 bridgehead atoms. The number of amides is 1. The van der Waals surface area contributed by atoms with Gasteiger partial charge in [0.2, 0.25) is 0 Å². The number of nitrogens with zero attached hydrogens (tertiary/aromatic N) is 2. The van der Waals surface area contributed by atoms with E-state index in [0.717, 1.165) is 22.2 Å². The van der Waals surface area contributed by atoms with Crippen LogP contribution in [-0.4, -0.2) is 15.5 Å². The predicted octanol–water partition coefficient (Wildman–Crippen LogP) is 3.46. The second kappa shape index (κ2) is 6.66. The van der Waals surface area contributed by atoms with Crippen LogP contribution in [-0.2, 0) is 13.6 Å². The number of aryl methyl sites for hydroxylation is 2. The molecule has 23 heavy (non-hydrogen) atoms. The Morgan fingerprint density at radius 3 is 2.65 bits per heavy atom. The minimum absolute atomic E-state index is 0.0807. The Kier molecular flexibility index (Phi) is 4.43. The zero-order valence-electron chi connectivity index (χ0n) is 13.0. The third-order valence-electron chi connectivity index (χ3n) is 3.50. The van der Waals surface area contributed by atoms with E-state index < -0.39 is 0 Å². The maximum Gasteiger partial charge on any atom is 0.251 e. The fraction of sp³-hybridized carbons (Fsp3) is 0.176. The molecule has 1 aromatic carbocycles. The molecule has 0 aliphatic rings. The zero-order valence-corrected chi connectivity index (χ0v) is 13.9. The van der Waals surface area contributed by atoms with Crippen LogP contribution in [0.3, 0.4) is 0 Å². The summed E-state index contributed by atoms with van der Waals surface area (Å²) in [5.41, 5.74) is 3.61. The number of aromatic nitrogens is 2. The van der Waals surface area contributed by atoms with Gasteiger partial charge in [0.1, 0.15) is 0 Å². The molecule has 0 radical (unpaired) electrons. The van der Waals surface area contributed by atoms with Crippen LogP contribution in [0.1, 0.15) is 21.7 Å². The van der Waals surface area contributed by atoms with Gasteiger partial charge < -0.3 is 15.2 Å². The molecule has 0 saturated carbocycles. The van der Waals surface area contributed by atoms with E-state index in [1.807, 2.05) is 66.5 Å². The van der Waals surface area contributed by atoms with Gasteiger partial charge in [-0.25, -0.2) is 4.98 Å². The van der Waals surface area contributed by atoms with E-state index in [2.05, 4.69) is 15.6 Å². The normalized spacial score (nSPS) is 10.5. The molecule has 0 saturated heterocycles. The lowest BCUT2D eigenvalue weighted by Crippen LogP contribution is -2.23. The molecular formula is C17H18N4OS. The Balaban J connectivity index is 1.60. The average molecular weight is 326 g/mol. The maximum absolute atomic E-state index is 12.2. The van der Waals surface area contributed by atoms with Gasteiger partial charge in [-0.15, -0.1) is 11.3 Å². The van der Waals surface area contributed by atoms with Crippen molar-refractivity contribution in [1.82, 2.24) is 14.9 Å². The number of rotatable bonds is 5. The summed E-state index contributed by atoms with van der Waals surface area (Å²) >= 11 is 1.56. The molecule has 2 N–H and O–H groups in total. The number of carbonyl (C=O) groups is 1. The van der Waals surface area contributed by atoms with Crippen molar-refractivity contribution < 1.29 is 4.79 Å². The Labute approximate surface area is 139 Å². The molecule has 0 aliphatic heterocycles. The summed E-state index contributed by atoms with van der Waals surface area (Å²) in [4.78, 5) is 16.5. The Hall–Kier alpha value is -2.60. The molecule has 0 aliphatic carbocycles. The molecule has 0 atom stereocenters. The highest BCUT2D eigenvalue weighted by Gasteiger charge is 2.07. The molecule has 2 aromatic heterocycles. The minimum Gasteiger partial charge on any atom is -0.353 e. The number of hydrogen-bond acceptors (Lipinski definition) is 4. The number of carbonyl (C=O) groups excluding carboxylic acids is 1. The molecule has 0 spiro atoms. The predicted molar refractivity (Wildman–Crippen MR) is 93.2 cm³/mol. The molecule has 3 aromatic rings. The van der Waals surface area contributed by atoms with Crippen LogP contribution in [0.25, 0.3) is 0 Å². The number of nitrogens with one attached hydrogen (secondary N) is 2. The Morgan fingerprint density at radius 1 is 1.26 bits per heavy atom. The van der Waals surface area contributed by atoms with Gasteiger partial charge in [-0.1, -0.05) is 0 Å². The third-order valence-corrected chi connectivity index (χ3v) is 4.37. The van der Waals surface area contributed by atoms with Crippen LogP contribution in [0.4, 0.5) is 10.8 Å². The fourth-order valence-corrected chi connectivity index (χ4v) is 2.90. The third kappa shape index (κ3) is 3.78. The highest BCUT2D eigenvalue weighted by atomic mass is 32.1. The first-order valence-corrected chi connectivity index (χ1v) is 8.17. The number of hydrogen-bond donors (Lipinski definition) is 2. The highest BCUT2D eigenvalue weighted by molar-refractivity contribution is 7.13. The van der Waals surface area contributed by atoms with Crippen molar-refractivity contribution in [3.05, 3.63) is 64.9 Å². The molecular weight excluding hydrogens is 308 g/mol. The van der Waals surface area contributed by atoms with Crippen molar-refractivity contribution in [3.8, 4) is 0 Å². The van der Waals surface area contributed by atoms with E-state index in [9.17, 15) is 4.79 Å². The summed E-state index contributed by atoms with van der Waals surface area (Å²) in [5, 5.41) is 8.99. The van der Waals surface area contributed by atoms with Crippen LogP contribution in [0.5, 0.6) is 0 Å². The van der Waals surface area contributed by atoms with Crippen molar-refractivity contribution in [1.29, 1.82) is 0 Å². The Bertz CT molecular complexity index is 804. The van der Waals surface area contributed by atoms with Gasteiger partial charge in [0.15, 0.2) is 5.13 Å². The average Bonchev–Trinajstić information content (AvgIpc) is 3.14. The van der Waals surface area contributed by atoms with Crippen molar-refractivity contribution in [2.45, 2.75) is 13.5 Å². The smallest absolute Gasteiger partial charge is 0.251 e. The highest BCUT2D eigenvalue weighted by Crippen LogP contribution is 2.20. The second-order valence-electron chi connectivity index (χ2n) is 5.29. The number of benzene rings is 1. The van der Waals surface area contributed by atoms with Gasteiger partial charge in [-0.05, 0) is 43.3 Å². The molecule has 0 unspecified atom stereocenters. The quantitative estimate of drug-likeness (QED) is 0.755. The maximum atomic E-state index is 12.2. The molecule has 1 amide bonds. The van der Waals surface area contributed by atoms with Crippen LogP contribution in [0.15, 0.2) is 48.0 Å². The van der Waals surface area contributed by atoms with Gasteiger partial charge in [0.25, 0.3) is 5.91 Å². The summed E-state index contributed by atoms with van der Waals surface area (Å²) in [7, 11) is 1.96. The first kappa shape index (κ1) is 15.3. The van der Waals surface area contributed by atoms with E-state index in [4.69, 9.17) is 0 Å². The van der Waals surface area contributed by atoms with Gasteiger partial charge in [-0.2, -0.15) is 0 Å². The standard InChI is InChI=1S/C17H18N4OS/c1-12-11-23-17(19-12)20-14-7-5-13(6-8-14)16(22)18-10-15-4-3-9-21(15)2/h3-9,11H,10H2,1-2H3,(H,18,22)(H,19,20). The molecule has 0 fully saturated rings. The molecule has 6 heteroatoms. The van der Waals surface area contributed by atoms with Gasteiger partial charge in [0.05, 0.1) is 12.2 Å². The lowest BCUT2D eigenvalue weighted by atomic mass is 10.2.